The van der Waals surface area contributed by atoms with E-state index in [1.165, 1.54) is 65.3 Å². The molecule has 0 saturated carbocycles. The first-order valence-corrected chi connectivity index (χ1v) is 15.7. The number of rotatable bonds is 4. The Kier molecular flexibility index (Phi) is 6.17. The lowest BCUT2D eigenvalue weighted by Gasteiger charge is -2.20. The van der Waals surface area contributed by atoms with Gasteiger partial charge in [-0.05, 0) is 83.0 Å². The van der Waals surface area contributed by atoms with E-state index in [1.54, 1.807) is 0 Å². The Bertz CT molecular complexity index is 2550. The van der Waals surface area contributed by atoms with E-state index < -0.39 is 0 Å². The summed E-state index contributed by atoms with van der Waals surface area (Å²) in [6.07, 6.45) is 3.85. The van der Waals surface area contributed by atoms with Crippen molar-refractivity contribution >= 4 is 43.1 Å². The molecule has 0 aliphatic heterocycles. The first-order chi connectivity index (χ1) is 22.8. The van der Waals surface area contributed by atoms with Crippen LogP contribution >= 0.6 is 0 Å². The zero-order valence-corrected chi connectivity index (χ0v) is 25.1. The molecule has 2 heteroatoms. The SMILES string of the molecule is c1ccc(-c2cnc(-c3ccc4c(-c5ccccc5)c5ccccc5c(-c5cc6ccccc6c6ccccc56)c4c3)nc2)cc1. The predicted octanol–water partition coefficient (Wildman–Crippen LogP) is 11.8. The highest BCUT2D eigenvalue weighted by molar-refractivity contribution is 6.26. The minimum atomic E-state index is 0.713. The van der Waals surface area contributed by atoms with Crippen LogP contribution in [0.1, 0.15) is 0 Å². The lowest BCUT2D eigenvalue weighted by atomic mass is 9.83. The van der Waals surface area contributed by atoms with Crippen LogP contribution in [0.2, 0.25) is 0 Å². The van der Waals surface area contributed by atoms with Gasteiger partial charge < -0.3 is 0 Å². The average Bonchev–Trinajstić information content (AvgIpc) is 3.14. The van der Waals surface area contributed by atoms with E-state index in [4.69, 9.17) is 9.97 Å². The molecular weight excluding hydrogens is 556 g/mol. The van der Waals surface area contributed by atoms with Gasteiger partial charge >= 0.3 is 0 Å². The molecule has 0 aliphatic rings. The molecule has 0 fully saturated rings. The highest BCUT2D eigenvalue weighted by atomic mass is 14.9. The zero-order valence-electron chi connectivity index (χ0n) is 25.1. The third kappa shape index (κ3) is 4.27. The van der Waals surface area contributed by atoms with Crippen LogP contribution in [-0.4, -0.2) is 9.97 Å². The molecule has 46 heavy (non-hydrogen) atoms. The number of hydrogen-bond acceptors (Lipinski definition) is 2. The van der Waals surface area contributed by atoms with Crippen LogP contribution < -0.4 is 0 Å². The maximum absolute atomic E-state index is 4.86. The van der Waals surface area contributed by atoms with Crippen LogP contribution in [0, 0.1) is 0 Å². The summed E-state index contributed by atoms with van der Waals surface area (Å²) in [4.78, 5) is 9.71. The molecule has 0 N–H and O–H groups in total. The maximum Gasteiger partial charge on any atom is 0.159 e. The number of fused-ring (bicyclic) bond motifs is 5. The van der Waals surface area contributed by atoms with Gasteiger partial charge in [0.2, 0.25) is 0 Å². The molecule has 0 aliphatic carbocycles. The molecule has 0 unspecified atom stereocenters. The second-order valence-corrected chi connectivity index (χ2v) is 11.8. The van der Waals surface area contributed by atoms with Crippen LogP contribution in [0.5, 0.6) is 0 Å². The molecule has 2 nitrogen and oxygen atoms in total. The molecule has 0 saturated heterocycles. The third-order valence-corrected chi connectivity index (χ3v) is 9.14. The van der Waals surface area contributed by atoms with Crippen molar-refractivity contribution in [1.29, 1.82) is 0 Å². The molecule has 0 spiro atoms. The number of benzene rings is 8. The molecule has 0 radical (unpaired) electrons. The standard InChI is InChI=1S/C44H28N2/c1-3-13-29(14-4-1)33-27-45-44(46-28-33)32-23-24-39-41(26-32)43(38-22-12-11-21-37(38)42(39)30-15-5-2-6-16-30)40-25-31-17-7-8-18-34(31)35-19-9-10-20-36(35)40/h1-28H. The van der Waals surface area contributed by atoms with Gasteiger partial charge in [0, 0.05) is 23.5 Å². The minimum Gasteiger partial charge on any atom is -0.236 e. The first kappa shape index (κ1) is 26.3. The lowest BCUT2D eigenvalue weighted by molar-refractivity contribution is 1.18. The highest BCUT2D eigenvalue weighted by Gasteiger charge is 2.20. The summed E-state index contributed by atoms with van der Waals surface area (Å²) in [5, 5.41) is 9.87. The van der Waals surface area contributed by atoms with Crippen molar-refractivity contribution in [2.45, 2.75) is 0 Å². The highest BCUT2D eigenvalue weighted by Crippen LogP contribution is 2.47. The summed E-state index contributed by atoms with van der Waals surface area (Å²) in [6.45, 7) is 0. The average molecular weight is 585 g/mol. The Morgan fingerprint density at radius 1 is 0.304 bits per heavy atom. The Hall–Kier alpha value is -6.12. The van der Waals surface area contributed by atoms with E-state index >= 15 is 0 Å². The molecule has 8 aromatic carbocycles. The number of aromatic nitrogens is 2. The minimum absolute atomic E-state index is 0.713. The summed E-state index contributed by atoms with van der Waals surface area (Å²) >= 11 is 0. The van der Waals surface area contributed by atoms with Crippen LogP contribution in [0.15, 0.2) is 170 Å². The van der Waals surface area contributed by atoms with Crippen molar-refractivity contribution in [3.05, 3.63) is 170 Å². The molecule has 9 rings (SSSR count). The topological polar surface area (TPSA) is 25.8 Å². The summed E-state index contributed by atoms with van der Waals surface area (Å²) in [5.41, 5.74) is 8.01. The van der Waals surface area contributed by atoms with E-state index in [0.29, 0.717) is 5.82 Å². The summed E-state index contributed by atoms with van der Waals surface area (Å²) in [6, 6.07) is 56.5. The van der Waals surface area contributed by atoms with Crippen LogP contribution in [0.4, 0.5) is 0 Å². The summed E-state index contributed by atoms with van der Waals surface area (Å²) < 4.78 is 0. The quantitative estimate of drug-likeness (QED) is 0.152. The van der Waals surface area contributed by atoms with Crippen molar-refractivity contribution in [3.8, 4) is 44.8 Å². The van der Waals surface area contributed by atoms with Gasteiger partial charge in [0.25, 0.3) is 0 Å². The monoisotopic (exact) mass is 584 g/mol. The second-order valence-electron chi connectivity index (χ2n) is 11.8. The normalized spacial score (nSPS) is 11.5. The molecule has 214 valence electrons. The largest absolute Gasteiger partial charge is 0.236 e. The van der Waals surface area contributed by atoms with E-state index in [1.807, 2.05) is 30.6 Å². The van der Waals surface area contributed by atoms with Gasteiger partial charge in [0.1, 0.15) is 0 Å². The molecule has 0 amide bonds. The van der Waals surface area contributed by atoms with E-state index in [0.717, 1.165) is 16.7 Å². The van der Waals surface area contributed by atoms with E-state index in [9.17, 15) is 0 Å². The van der Waals surface area contributed by atoms with Gasteiger partial charge in [0.05, 0.1) is 0 Å². The van der Waals surface area contributed by atoms with Gasteiger partial charge in [-0.1, -0.05) is 146 Å². The predicted molar refractivity (Wildman–Crippen MR) is 194 cm³/mol. The van der Waals surface area contributed by atoms with Crippen molar-refractivity contribution in [1.82, 2.24) is 9.97 Å². The molecule has 1 aromatic heterocycles. The zero-order chi connectivity index (χ0) is 30.5. The van der Waals surface area contributed by atoms with E-state index in [-0.39, 0.29) is 0 Å². The van der Waals surface area contributed by atoms with Crippen LogP contribution in [-0.2, 0) is 0 Å². The maximum atomic E-state index is 4.86. The third-order valence-electron chi connectivity index (χ3n) is 9.14. The van der Waals surface area contributed by atoms with Gasteiger partial charge in [-0.3, -0.25) is 0 Å². The Morgan fingerprint density at radius 3 is 1.57 bits per heavy atom. The number of nitrogens with zero attached hydrogens (tertiary/aromatic N) is 2. The van der Waals surface area contributed by atoms with Crippen molar-refractivity contribution < 1.29 is 0 Å². The fourth-order valence-corrected chi connectivity index (χ4v) is 7.04. The lowest BCUT2D eigenvalue weighted by Crippen LogP contribution is -1.94. The molecule has 0 atom stereocenters. The molecule has 1 heterocycles. The fraction of sp³-hybridized carbons (Fsp3) is 0. The summed E-state index contributed by atoms with van der Waals surface area (Å²) in [7, 11) is 0. The second kappa shape index (κ2) is 10.8. The Balaban J connectivity index is 1.38. The van der Waals surface area contributed by atoms with Crippen LogP contribution in [0.3, 0.4) is 0 Å². The molecule has 0 bridgehead atoms. The van der Waals surface area contributed by atoms with Crippen LogP contribution in [0.25, 0.3) is 87.9 Å². The fourth-order valence-electron chi connectivity index (χ4n) is 7.04. The molecule has 9 aromatic rings. The van der Waals surface area contributed by atoms with Gasteiger partial charge in [-0.25, -0.2) is 9.97 Å². The van der Waals surface area contributed by atoms with Gasteiger partial charge in [-0.2, -0.15) is 0 Å². The van der Waals surface area contributed by atoms with Crippen molar-refractivity contribution in [3.63, 3.8) is 0 Å². The van der Waals surface area contributed by atoms with Crippen molar-refractivity contribution in [2.24, 2.45) is 0 Å². The number of hydrogen-bond donors (Lipinski definition) is 0. The Morgan fingerprint density at radius 2 is 0.848 bits per heavy atom. The first-order valence-electron chi connectivity index (χ1n) is 15.7. The summed E-state index contributed by atoms with van der Waals surface area (Å²) in [5.74, 6) is 0.713. The van der Waals surface area contributed by atoms with E-state index in [2.05, 4.69) is 140 Å². The Labute approximate surface area is 267 Å². The van der Waals surface area contributed by atoms with Gasteiger partial charge in [-0.15, -0.1) is 0 Å². The smallest absolute Gasteiger partial charge is 0.159 e. The molecular formula is C44H28N2. The van der Waals surface area contributed by atoms with Crippen molar-refractivity contribution in [2.75, 3.05) is 0 Å². The van der Waals surface area contributed by atoms with Gasteiger partial charge in [0.15, 0.2) is 5.82 Å².